The maximum Gasteiger partial charge on any atom is 0.193 e. The normalized spacial score (nSPS) is 25.6. The van der Waals surface area contributed by atoms with Crippen molar-refractivity contribution in [3.63, 3.8) is 0 Å². The van der Waals surface area contributed by atoms with Gasteiger partial charge in [-0.2, -0.15) is 0 Å². The Bertz CT molecular complexity index is 672. The molecule has 0 bridgehead atoms. The van der Waals surface area contributed by atoms with Crippen molar-refractivity contribution in [2.75, 3.05) is 39.8 Å². The number of rotatable bonds is 4. The molecule has 2 heterocycles. The molecule has 1 unspecified atom stereocenters. The Labute approximate surface area is 159 Å². The molecule has 2 aliphatic heterocycles. The molecule has 25 heavy (non-hydrogen) atoms. The van der Waals surface area contributed by atoms with Crippen LogP contribution in [0.5, 0.6) is 0 Å². The second kappa shape index (κ2) is 7.12. The first-order valence-electron chi connectivity index (χ1n) is 9.31. The number of likely N-dealkylation sites (tertiary alicyclic amines) is 1. The fraction of sp³-hybridized carbons (Fsp3) is 0.550. The van der Waals surface area contributed by atoms with E-state index in [9.17, 15) is 0 Å². The van der Waals surface area contributed by atoms with E-state index in [0.717, 1.165) is 38.7 Å². The van der Waals surface area contributed by atoms with Gasteiger partial charge in [0.2, 0.25) is 0 Å². The SMILES string of the molecule is CN=C(NCC1(c2cccc(Br)c2)CC1)N1CCC(N2CC=CC2)C1. The molecule has 5 heteroatoms. The van der Waals surface area contributed by atoms with Crippen LogP contribution < -0.4 is 5.32 Å². The number of benzene rings is 1. The summed E-state index contributed by atoms with van der Waals surface area (Å²) >= 11 is 3.61. The summed E-state index contributed by atoms with van der Waals surface area (Å²) in [4.78, 5) is 9.56. The van der Waals surface area contributed by atoms with Gasteiger partial charge in [0.1, 0.15) is 0 Å². The molecule has 0 spiro atoms. The van der Waals surface area contributed by atoms with Crippen LogP contribution in [-0.4, -0.2) is 61.6 Å². The highest BCUT2D eigenvalue weighted by Gasteiger charge is 2.44. The fourth-order valence-corrected chi connectivity index (χ4v) is 4.54. The van der Waals surface area contributed by atoms with E-state index in [4.69, 9.17) is 0 Å². The number of halogens is 1. The van der Waals surface area contributed by atoms with Crippen LogP contribution in [0.2, 0.25) is 0 Å². The summed E-state index contributed by atoms with van der Waals surface area (Å²) in [6.45, 7) is 5.38. The first-order valence-corrected chi connectivity index (χ1v) is 10.1. The predicted octanol–water partition coefficient (Wildman–Crippen LogP) is 3.00. The molecule has 1 N–H and O–H groups in total. The molecular formula is C20H27BrN4. The fourth-order valence-electron chi connectivity index (χ4n) is 4.14. The molecule has 0 aromatic heterocycles. The Kier molecular flexibility index (Phi) is 4.87. The van der Waals surface area contributed by atoms with Gasteiger partial charge < -0.3 is 10.2 Å². The topological polar surface area (TPSA) is 30.9 Å². The largest absolute Gasteiger partial charge is 0.355 e. The lowest BCUT2D eigenvalue weighted by atomic mass is 9.96. The highest BCUT2D eigenvalue weighted by molar-refractivity contribution is 9.10. The van der Waals surface area contributed by atoms with Crippen molar-refractivity contribution in [1.82, 2.24) is 15.1 Å². The summed E-state index contributed by atoms with van der Waals surface area (Å²) in [5.41, 5.74) is 1.73. The van der Waals surface area contributed by atoms with E-state index in [1.54, 1.807) is 0 Å². The average Bonchev–Trinajstić information content (AvgIpc) is 3.02. The van der Waals surface area contributed by atoms with Crippen LogP contribution >= 0.6 is 15.9 Å². The van der Waals surface area contributed by atoms with Gasteiger partial charge in [-0.3, -0.25) is 9.89 Å². The molecule has 0 amide bonds. The van der Waals surface area contributed by atoms with Gasteiger partial charge in [0.15, 0.2) is 5.96 Å². The van der Waals surface area contributed by atoms with Gasteiger partial charge in [-0.15, -0.1) is 0 Å². The second-order valence-corrected chi connectivity index (χ2v) is 8.42. The molecule has 0 radical (unpaired) electrons. The minimum absolute atomic E-state index is 0.289. The molecule has 2 fully saturated rings. The van der Waals surface area contributed by atoms with Crippen molar-refractivity contribution in [2.45, 2.75) is 30.7 Å². The van der Waals surface area contributed by atoms with Gasteiger partial charge in [-0.1, -0.05) is 40.2 Å². The summed E-state index contributed by atoms with van der Waals surface area (Å²) in [6, 6.07) is 9.43. The number of guanidine groups is 1. The quantitative estimate of drug-likeness (QED) is 0.477. The van der Waals surface area contributed by atoms with Crippen LogP contribution in [0.4, 0.5) is 0 Å². The molecule has 1 aliphatic carbocycles. The zero-order valence-corrected chi connectivity index (χ0v) is 16.5. The van der Waals surface area contributed by atoms with Crippen LogP contribution in [0, 0.1) is 0 Å². The number of aliphatic imine (C=N–C) groups is 1. The van der Waals surface area contributed by atoms with E-state index in [-0.39, 0.29) is 5.41 Å². The molecule has 1 aromatic rings. The highest BCUT2D eigenvalue weighted by Crippen LogP contribution is 2.48. The third-order valence-electron chi connectivity index (χ3n) is 5.91. The Balaban J connectivity index is 1.35. The summed E-state index contributed by atoms with van der Waals surface area (Å²) in [7, 11) is 1.91. The molecule has 3 aliphatic rings. The minimum atomic E-state index is 0.289. The first kappa shape index (κ1) is 17.1. The second-order valence-electron chi connectivity index (χ2n) is 7.51. The van der Waals surface area contributed by atoms with Crippen LogP contribution in [0.25, 0.3) is 0 Å². The number of nitrogens with zero attached hydrogens (tertiary/aromatic N) is 3. The Hall–Kier alpha value is -1.33. The third-order valence-corrected chi connectivity index (χ3v) is 6.41. The smallest absolute Gasteiger partial charge is 0.193 e. The average molecular weight is 403 g/mol. The maximum absolute atomic E-state index is 4.56. The zero-order valence-electron chi connectivity index (χ0n) is 14.9. The molecule has 4 nitrogen and oxygen atoms in total. The van der Waals surface area contributed by atoms with Gasteiger partial charge in [0.05, 0.1) is 0 Å². The summed E-state index contributed by atoms with van der Waals surface area (Å²) in [5, 5.41) is 3.67. The molecule has 4 rings (SSSR count). The van der Waals surface area contributed by atoms with E-state index in [2.05, 4.69) is 72.5 Å². The number of hydrogen-bond donors (Lipinski definition) is 1. The monoisotopic (exact) mass is 402 g/mol. The van der Waals surface area contributed by atoms with Gasteiger partial charge in [0.25, 0.3) is 0 Å². The molecule has 1 saturated heterocycles. The van der Waals surface area contributed by atoms with Crippen molar-refractivity contribution in [3.8, 4) is 0 Å². The van der Waals surface area contributed by atoms with Gasteiger partial charge >= 0.3 is 0 Å². The number of hydrogen-bond acceptors (Lipinski definition) is 2. The summed E-state index contributed by atoms with van der Waals surface area (Å²) in [6.07, 6.45) is 8.32. The molecule has 1 atom stereocenters. The Morgan fingerprint density at radius 2 is 2.12 bits per heavy atom. The van der Waals surface area contributed by atoms with Gasteiger partial charge in [0, 0.05) is 55.7 Å². The van der Waals surface area contributed by atoms with E-state index in [0.29, 0.717) is 6.04 Å². The van der Waals surface area contributed by atoms with E-state index < -0.39 is 0 Å². The van der Waals surface area contributed by atoms with E-state index >= 15 is 0 Å². The van der Waals surface area contributed by atoms with Crippen molar-refractivity contribution in [2.24, 2.45) is 4.99 Å². The van der Waals surface area contributed by atoms with E-state index in [1.807, 2.05) is 7.05 Å². The van der Waals surface area contributed by atoms with Crippen LogP contribution in [0.3, 0.4) is 0 Å². The lowest BCUT2D eigenvalue weighted by Crippen LogP contribution is -2.45. The lowest BCUT2D eigenvalue weighted by molar-refractivity contribution is 0.259. The molecule has 134 valence electrons. The van der Waals surface area contributed by atoms with Crippen LogP contribution in [-0.2, 0) is 5.41 Å². The predicted molar refractivity (Wildman–Crippen MR) is 107 cm³/mol. The van der Waals surface area contributed by atoms with Gasteiger partial charge in [-0.25, -0.2) is 0 Å². The standard InChI is InChI=1S/C20H27BrN4/c1-22-19(25-12-7-18(14-25)24-10-2-3-11-24)23-15-20(8-9-20)16-5-4-6-17(21)13-16/h2-6,13,18H,7-12,14-15H2,1H3,(H,22,23). The van der Waals surface area contributed by atoms with Crippen molar-refractivity contribution in [1.29, 1.82) is 0 Å². The molecular weight excluding hydrogens is 376 g/mol. The van der Waals surface area contributed by atoms with Gasteiger partial charge in [-0.05, 0) is 37.0 Å². The summed E-state index contributed by atoms with van der Waals surface area (Å²) in [5.74, 6) is 1.07. The van der Waals surface area contributed by atoms with Crippen LogP contribution in [0.1, 0.15) is 24.8 Å². The van der Waals surface area contributed by atoms with Crippen LogP contribution in [0.15, 0.2) is 45.9 Å². The highest BCUT2D eigenvalue weighted by atomic mass is 79.9. The minimum Gasteiger partial charge on any atom is -0.355 e. The summed E-state index contributed by atoms with van der Waals surface area (Å²) < 4.78 is 1.17. The zero-order chi connectivity index (χ0) is 17.3. The van der Waals surface area contributed by atoms with Crippen molar-refractivity contribution in [3.05, 3.63) is 46.5 Å². The molecule has 1 saturated carbocycles. The van der Waals surface area contributed by atoms with Crippen molar-refractivity contribution >= 4 is 21.9 Å². The first-order chi connectivity index (χ1) is 12.2. The third kappa shape index (κ3) is 3.63. The Morgan fingerprint density at radius 1 is 1.32 bits per heavy atom. The maximum atomic E-state index is 4.56. The molecule has 1 aromatic carbocycles. The number of nitrogens with one attached hydrogen (secondary N) is 1. The Morgan fingerprint density at radius 3 is 2.80 bits per heavy atom. The van der Waals surface area contributed by atoms with E-state index in [1.165, 1.54) is 29.3 Å². The lowest BCUT2D eigenvalue weighted by Gasteiger charge is -2.27. The van der Waals surface area contributed by atoms with Crippen molar-refractivity contribution < 1.29 is 0 Å².